The lowest BCUT2D eigenvalue weighted by Crippen LogP contribution is -2.26. The summed E-state index contributed by atoms with van der Waals surface area (Å²) in [6, 6.07) is 3.83. The molecule has 0 aliphatic heterocycles. The third kappa shape index (κ3) is 3.44. The van der Waals surface area contributed by atoms with E-state index in [-0.39, 0.29) is 18.1 Å². The highest BCUT2D eigenvalue weighted by molar-refractivity contribution is 6.00. The van der Waals surface area contributed by atoms with Crippen molar-refractivity contribution in [3.05, 3.63) is 29.6 Å². The number of carbonyl (C=O) groups is 1. The Labute approximate surface area is 104 Å². The highest BCUT2D eigenvalue weighted by Crippen LogP contribution is 2.21. The van der Waals surface area contributed by atoms with Crippen molar-refractivity contribution in [3.8, 4) is 5.75 Å². The zero-order valence-electron chi connectivity index (χ0n) is 10.2. The Balaban J connectivity index is 2.93. The van der Waals surface area contributed by atoms with Crippen LogP contribution in [0.15, 0.2) is 23.4 Å². The molecule has 1 amide bonds. The number of ether oxygens (including phenoxy) is 1. The number of primary amides is 1. The van der Waals surface area contributed by atoms with E-state index < -0.39 is 17.6 Å². The van der Waals surface area contributed by atoms with E-state index in [0.29, 0.717) is 5.56 Å². The first-order valence-electron chi connectivity index (χ1n) is 5.36. The van der Waals surface area contributed by atoms with Crippen LogP contribution in [0.3, 0.4) is 0 Å². The SMILES string of the molecule is CC(=NO)c1ccc(F)cc1OCC(C)C(N)=O. The van der Waals surface area contributed by atoms with E-state index in [4.69, 9.17) is 15.7 Å². The van der Waals surface area contributed by atoms with Gasteiger partial charge in [0.05, 0.1) is 18.2 Å². The normalized spacial score (nSPS) is 13.2. The van der Waals surface area contributed by atoms with Crippen molar-refractivity contribution in [2.45, 2.75) is 13.8 Å². The Kier molecular flexibility index (Phi) is 4.65. The van der Waals surface area contributed by atoms with Crippen molar-refractivity contribution in [2.75, 3.05) is 6.61 Å². The van der Waals surface area contributed by atoms with Gasteiger partial charge >= 0.3 is 0 Å². The molecule has 0 aliphatic carbocycles. The van der Waals surface area contributed by atoms with E-state index in [0.717, 1.165) is 6.07 Å². The van der Waals surface area contributed by atoms with Crippen LogP contribution in [0, 0.1) is 11.7 Å². The first-order valence-corrected chi connectivity index (χ1v) is 5.36. The summed E-state index contributed by atoms with van der Waals surface area (Å²) in [5, 5.41) is 11.7. The number of carbonyl (C=O) groups excluding carboxylic acids is 1. The third-order valence-electron chi connectivity index (χ3n) is 2.46. The fraction of sp³-hybridized carbons (Fsp3) is 0.333. The number of hydrogen-bond acceptors (Lipinski definition) is 4. The van der Waals surface area contributed by atoms with Gasteiger partial charge in [-0.25, -0.2) is 4.39 Å². The van der Waals surface area contributed by atoms with E-state index in [1.807, 2.05) is 0 Å². The molecule has 98 valence electrons. The molecule has 1 atom stereocenters. The molecule has 0 aliphatic rings. The lowest BCUT2D eigenvalue weighted by Gasteiger charge is -2.13. The monoisotopic (exact) mass is 254 g/mol. The summed E-state index contributed by atoms with van der Waals surface area (Å²) >= 11 is 0. The molecule has 1 aromatic rings. The van der Waals surface area contributed by atoms with Gasteiger partial charge in [0.2, 0.25) is 5.91 Å². The average Bonchev–Trinajstić information content (AvgIpc) is 2.34. The quantitative estimate of drug-likeness (QED) is 0.474. The van der Waals surface area contributed by atoms with Crippen molar-refractivity contribution in [2.24, 2.45) is 16.8 Å². The Morgan fingerprint density at radius 3 is 2.83 bits per heavy atom. The number of benzene rings is 1. The summed E-state index contributed by atoms with van der Waals surface area (Å²) in [5.74, 6) is -1.27. The van der Waals surface area contributed by atoms with Gasteiger partial charge in [-0.05, 0) is 19.1 Å². The smallest absolute Gasteiger partial charge is 0.223 e. The van der Waals surface area contributed by atoms with Crippen LogP contribution in [-0.2, 0) is 4.79 Å². The van der Waals surface area contributed by atoms with Crippen molar-refractivity contribution in [1.82, 2.24) is 0 Å². The predicted octanol–water partition coefficient (Wildman–Crippen LogP) is 1.52. The first kappa shape index (κ1) is 14.0. The number of hydrogen-bond donors (Lipinski definition) is 2. The van der Waals surface area contributed by atoms with E-state index in [1.165, 1.54) is 12.1 Å². The molecular formula is C12H15FN2O3. The van der Waals surface area contributed by atoms with Gasteiger partial charge in [-0.1, -0.05) is 12.1 Å². The zero-order valence-corrected chi connectivity index (χ0v) is 10.2. The van der Waals surface area contributed by atoms with Crippen LogP contribution in [0.4, 0.5) is 4.39 Å². The van der Waals surface area contributed by atoms with Gasteiger partial charge < -0.3 is 15.7 Å². The number of rotatable bonds is 5. The fourth-order valence-corrected chi connectivity index (χ4v) is 1.27. The van der Waals surface area contributed by atoms with Crippen LogP contribution in [-0.4, -0.2) is 23.4 Å². The minimum absolute atomic E-state index is 0.0322. The van der Waals surface area contributed by atoms with Gasteiger partial charge in [0.15, 0.2) is 0 Å². The fourth-order valence-electron chi connectivity index (χ4n) is 1.27. The lowest BCUT2D eigenvalue weighted by atomic mass is 10.1. The van der Waals surface area contributed by atoms with E-state index in [1.54, 1.807) is 13.8 Å². The molecule has 0 saturated carbocycles. The largest absolute Gasteiger partial charge is 0.492 e. The van der Waals surface area contributed by atoms with Gasteiger partial charge in [-0.2, -0.15) is 0 Å². The Bertz CT molecular complexity index is 474. The van der Waals surface area contributed by atoms with Crippen molar-refractivity contribution in [1.29, 1.82) is 0 Å². The molecule has 3 N–H and O–H groups in total. The molecule has 18 heavy (non-hydrogen) atoms. The second-order valence-electron chi connectivity index (χ2n) is 3.94. The Morgan fingerprint density at radius 2 is 2.28 bits per heavy atom. The van der Waals surface area contributed by atoms with Gasteiger partial charge in [0.25, 0.3) is 0 Å². The maximum atomic E-state index is 13.1. The number of amides is 1. The summed E-state index contributed by atoms with van der Waals surface area (Å²) in [5.41, 5.74) is 5.84. The molecule has 0 fully saturated rings. The molecule has 0 bridgehead atoms. The van der Waals surface area contributed by atoms with Crippen LogP contribution in [0.1, 0.15) is 19.4 Å². The Hall–Kier alpha value is -2.11. The summed E-state index contributed by atoms with van der Waals surface area (Å²) in [6.07, 6.45) is 0. The van der Waals surface area contributed by atoms with Crippen molar-refractivity contribution >= 4 is 11.6 Å². The Morgan fingerprint density at radius 1 is 1.61 bits per heavy atom. The second-order valence-corrected chi connectivity index (χ2v) is 3.94. The number of halogens is 1. The van der Waals surface area contributed by atoms with Crippen molar-refractivity contribution < 1.29 is 19.1 Å². The molecule has 1 unspecified atom stereocenters. The van der Waals surface area contributed by atoms with Crippen LogP contribution >= 0.6 is 0 Å². The highest BCUT2D eigenvalue weighted by Gasteiger charge is 2.13. The van der Waals surface area contributed by atoms with Crippen LogP contribution in [0.25, 0.3) is 0 Å². The van der Waals surface area contributed by atoms with Crippen LogP contribution in [0.2, 0.25) is 0 Å². The van der Waals surface area contributed by atoms with E-state index in [2.05, 4.69) is 5.16 Å². The molecule has 0 heterocycles. The molecule has 1 rings (SSSR count). The van der Waals surface area contributed by atoms with E-state index >= 15 is 0 Å². The molecule has 5 nitrogen and oxygen atoms in total. The summed E-state index contributed by atoms with van der Waals surface area (Å²) in [6.45, 7) is 3.19. The molecule has 1 aromatic carbocycles. The molecule has 0 radical (unpaired) electrons. The minimum Gasteiger partial charge on any atom is -0.492 e. The molecule has 6 heteroatoms. The zero-order chi connectivity index (χ0) is 13.7. The van der Waals surface area contributed by atoms with Crippen molar-refractivity contribution in [3.63, 3.8) is 0 Å². The number of oxime groups is 1. The van der Waals surface area contributed by atoms with Gasteiger partial charge in [0, 0.05) is 11.6 Å². The highest BCUT2D eigenvalue weighted by atomic mass is 19.1. The van der Waals surface area contributed by atoms with Crippen LogP contribution in [0.5, 0.6) is 5.75 Å². The van der Waals surface area contributed by atoms with E-state index in [9.17, 15) is 9.18 Å². The number of nitrogens with two attached hydrogens (primary N) is 1. The average molecular weight is 254 g/mol. The summed E-state index contributed by atoms with van der Waals surface area (Å²) < 4.78 is 18.5. The first-order chi connectivity index (χ1) is 8.45. The second kappa shape index (κ2) is 6.00. The standard InChI is InChI=1S/C12H15FN2O3/c1-7(12(14)16)6-18-11-5-9(13)3-4-10(11)8(2)15-17/h3-5,7,17H,6H2,1-2H3,(H2,14,16). The molecule has 0 aromatic heterocycles. The maximum absolute atomic E-state index is 13.1. The maximum Gasteiger partial charge on any atom is 0.223 e. The van der Waals surface area contributed by atoms with Gasteiger partial charge in [-0.15, -0.1) is 0 Å². The van der Waals surface area contributed by atoms with Crippen LogP contribution < -0.4 is 10.5 Å². The minimum atomic E-state index is -0.500. The number of nitrogens with zero attached hydrogens (tertiary/aromatic N) is 1. The predicted molar refractivity (Wildman–Crippen MR) is 64.3 cm³/mol. The molecule has 0 spiro atoms. The van der Waals surface area contributed by atoms with Gasteiger partial charge in [-0.3, -0.25) is 4.79 Å². The lowest BCUT2D eigenvalue weighted by molar-refractivity contribution is -0.122. The topological polar surface area (TPSA) is 84.9 Å². The van der Waals surface area contributed by atoms with Gasteiger partial charge in [0.1, 0.15) is 11.6 Å². The summed E-state index contributed by atoms with van der Waals surface area (Å²) in [7, 11) is 0. The summed E-state index contributed by atoms with van der Waals surface area (Å²) in [4.78, 5) is 10.9. The molecule has 0 saturated heterocycles. The third-order valence-corrected chi connectivity index (χ3v) is 2.46. The molecular weight excluding hydrogens is 239 g/mol.